The van der Waals surface area contributed by atoms with E-state index in [0.29, 0.717) is 15.3 Å². The van der Waals surface area contributed by atoms with Crippen LogP contribution in [0.3, 0.4) is 0 Å². The lowest BCUT2D eigenvalue weighted by molar-refractivity contribution is 0.0346. The number of allylic oxidation sites excluding steroid dienone is 2. The smallest absolute Gasteiger partial charge is 0.425 e. The van der Waals surface area contributed by atoms with Gasteiger partial charge in [-0.2, -0.15) is 4.90 Å². The van der Waals surface area contributed by atoms with E-state index in [0.717, 1.165) is 5.56 Å². The Hall–Kier alpha value is -5.42. The fourth-order valence-corrected chi connectivity index (χ4v) is 7.01. The Morgan fingerprint density at radius 3 is 2.00 bits per heavy atom. The number of ether oxygens (including phenoxy) is 3. The van der Waals surface area contributed by atoms with Crippen LogP contribution in [-0.2, 0) is 24.0 Å². The standard InChI is InChI=1S/C37H42N6O9S2/c1-22-17-19-53-28(22)31-41-40-30(49-31)27-29(43(33(45)51-36(5,6)7)34(46)52-37(8,9)10)38-20-26(39-27)23-13-15-24(16-14-23)54(47,48)25-12-11-18-42(21-25)32(44)50-35(2,3)4/h11-20H,21H2,1-10H3. The van der Waals surface area contributed by atoms with Crippen LogP contribution in [0.25, 0.3) is 33.6 Å². The van der Waals surface area contributed by atoms with Crippen molar-refractivity contribution in [2.24, 2.45) is 0 Å². The maximum atomic E-state index is 13.7. The number of nitrogens with zero attached hydrogens (tertiary/aromatic N) is 6. The summed E-state index contributed by atoms with van der Waals surface area (Å²) in [6.07, 6.45) is 2.81. The van der Waals surface area contributed by atoms with Crippen LogP contribution in [-0.4, -0.2) is 75.1 Å². The first-order chi connectivity index (χ1) is 25.0. The summed E-state index contributed by atoms with van der Waals surface area (Å²) < 4.78 is 49.9. The molecule has 17 heteroatoms. The van der Waals surface area contributed by atoms with Gasteiger partial charge in [0.15, 0.2) is 11.5 Å². The number of imide groups is 1. The highest BCUT2D eigenvalue weighted by Gasteiger charge is 2.37. The molecule has 15 nitrogen and oxygen atoms in total. The van der Waals surface area contributed by atoms with Crippen molar-refractivity contribution in [3.63, 3.8) is 0 Å². The first kappa shape index (κ1) is 39.8. The number of rotatable bonds is 6. The molecule has 0 aliphatic carbocycles. The van der Waals surface area contributed by atoms with Gasteiger partial charge in [0, 0.05) is 11.8 Å². The van der Waals surface area contributed by atoms with Gasteiger partial charge >= 0.3 is 18.3 Å². The van der Waals surface area contributed by atoms with E-state index in [4.69, 9.17) is 23.6 Å². The maximum absolute atomic E-state index is 13.7. The molecule has 4 aromatic rings. The quantitative estimate of drug-likeness (QED) is 0.170. The van der Waals surface area contributed by atoms with Crippen LogP contribution in [0.1, 0.15) is 67.9 Å². The summed E-state index contributed by atoms with van der Waals surface area (Å²) in [5.41, 5.74) is -1.37. The number of sulfone groups is 1. The second-order valence-electron chi connectivity index (χ2n) is 15.2. The van der Waals surface area contributed by atoms with Gasteiger partial charge in [-0.05, 0) is 111 Å². The average Bonchev–Trinajstić information content (AvgIpc) is 3.72. The second-order valence-corrected chi connectivity index (χ2v) is 18.1. The molecule has 0 saturated heterocycles. The molecular weight excluding hydrogens is 737 g/mol. The molecule has 0 bridgehead atoms. The molecule has 1 aliphatic heterocycles. The lowest BCUT2D eigenvalue weighted by Crippen LogP contribution is -2.44. The molecule has 286 valence electrons. The van der Waals surface area contributed by atoms with Crippen molar-refractivity contribution in [1.29, 1.82) is 0 Å². The van der Waals surface area contributed by atoms with Gasteiger partial charge in [0.25, 0.3) is 11.8 Å². The van der Waals surface area contributed by atoms with Gasteiger partial charge in [-0.25, -0.2) is 32.8 Å². The Morgan fingerprint density at radius 1 is 0.852 bits per heavy atom. The van der Waals surface area contributed by atoms with Crippen molar-refractivity contribution in [2.75, 3.05) is 11.4 Å². The van der Waals surface area contributed by atoms with Crippen molar-refractivity contribution >= 4 is 45.3 Å². The van der Waals surface area contributed by atoms with Gasteiger partial charge in [0.05, 0.1) is 33.1 Å². The van der Waals surface area contributed by atoms with Crippen molar-refractivity contribution in [3.05, 3.63) is 70.7 Å². The number of thiophene rings is 1. The Balaban J connectivity index is 1.55. The number of hydrogen-bond donors (Lipinski definition) is 0. The van der Waals surface area contributed by atoms with Crippen LogP contribution in [0.4, 0.5) is 20.2 Å². The van der Waals surface area contributed by atoms with Gasteiger partial charge in [-0.15, -0.1) is 21.5 Å². The minimum Gasteiger partial charge on any atom is -0.443 e. The highest BCUT2D eigenvalue weighted by Crippen LogP contribution is 2.35. The Bertz CT molecular complexity index is 2210. The van der Waals surface area contributed by atoms with Crippen LogP contribution in [0.2, 0.25) is 0 Å². The number of anilines is 1. The van der Waals surface area contributed by atoms with Crippen molar-refractivity contribution in [1.82, 2.24) is 25.1 Å². The molecule has 4 heterocycles. The minimum atomic E-state index is -4.03. The first-order valence-electron chi connectivity index (χ1n) is 16.8. The number of carbonyl (C=O) groups is 3. The molecule has 0 N–H and O–H groups in total. The zero-order valence-corrected chi connectivity index (χ0v) is 33.3. The van der Waals surface area contributed by atoms with E-state index in [1.165, 1.54) is 65.1 Å². The highest BCUT2D eigenvalue weighted by molar-refractivity contribution is 7.95. The number of carbonyl (C=O) groups excluding carboxylic acids is 3. The third kappa shape index (κ3) is 9.38. The van der Waals surface area contributed by atoms with E-state index in [2.05, 4.69) is 15.2 Å². The summed E-state index contributed by atoms with van der Waals surface area (Å²) in [6, 6.07) is 7.74. The molecule has 0 saturated carbocycles. The zero-order chi connectivity index (χ0) is 39.8. The van der Waals surface area contributed by atoms with Gasteiger partial charge in [0.1, 0.15) is 16.8 Å². The van der Waals surface area contributed by atoms with Gasteiger partial charge in [-0.3, -0.25) is 4.90 Å². The van der Waals surface area contributed by atoms with Crippen molar-refractivity contribution < 1.29 is 41.4 Å². The van der Waals surface area contributed by atoms with E-state index in [1.54, 1.807) is 62.3 Å². The van der Waals surface area contributed by atoms with E-state index in [9.17, 15) is 22.8 Å². The maximum Gasteiger partial charge on any atom is 0.425 e. The summed E-state index contributed by atoms with van der Waals surface area (Å²) in [5.74, 6) is -0.278. The number of aryl methyl sites for hydroxylation is 1. The topological polar surface area (TPSA) is 184 Å². The summed E-state index contributed by atoms with van der Waals surface area (Å²) in [7, 11) is -4.03. The molecule has 3 aromatic heterocycles. The Kier molecular flexibility index (Phi) is 10.9. The molecule has 0 atom stereocenters. The Morgan fingerprint density at radius 2 is 1.44 bits per heavy atom. The van der Waals surface area contributed by atoms with Crippen molar-refractivity contribution in [3.8, 4) is 33.6 Å². The molecule has 0 fully saturated rings. The molecule has 1 aliphatic rings. The first-order valence-corrected chi connectivity index (χ1v) is 19.1. The monoisotopic (exact) mass is 778 g/mol. The van der Waals surface area contributed by atoms with E-state index < -0.39 is 44.9 Å². The van der Waals surface area contributed by atoms with E-state index in [-0.39, 0.29) is 45.3 Å². The average molecular weight is 779 g/mol. The van der Waals surface area contributed by atoms with Crippen LogP contribution in [0.5, 0.6) is 0 Å². The predicted molar refractivity (Wildman–Crippen MR) is 201 cm³/mol. The highest BCUT2D eigenvalue weighted by atomic mass is 32.2. The zero-order valence-electron chi connectivity index (χ0n) is 31.7. The number of hydrogen-bond acceptors (Lipinski definition) is 14. The van der Waals surface area contributed by atoms with Gasteiger partial charge in [0.2, 0.25) is 9.84 Å². The summed E-state index contributed by atoms with van der Waals surface area (Å²) >= 11 is 1.39. The number of benzene rings is 1. The van der Waals surface area contributed by atoms with Gasteiger partial charge < -0.3 is 18.6 Å². The minimum absolute atomic E-state index is 0.00686. The molecule has 54 heavy (non-hydrogen) atoms. The Labute approximate surface area is 317 Å². The van der Waals surface area contributed by atoms with E-state index in [1.807, 2.05) is 18.4 Å². The van der Waals surface area contributed by atoms with Crippen molar-refractivity contribution in [2.45, 2.75) is 90.9 Å². The second kappa shape index (κ2) is 14.8. The normalized spacial score (nSPS) is 13.7. The molecule has 1 aromatic carbocycles. The number of amides is 3. The van der Waals surface area contributed by atoms with Crippen LogP contribution in [0.15, 0.2) is 74.5 Å². The molecule has 0 spiro atoms. The lowest BCUT2D eigenvalue weighted by Gasteiger charge is -2.28. The predicted octanol–water partition coefficient (Wildman–Crippen LogP) is 8.33. The molecule has 3 amide bonds. The van der Waals surface area contributed by atoms with Crippen LogP contribution >= 0.6 is 11.3 Å². The summed E-state index contributed by atoms with van der Waals surface area (Å²) in [5, 5.41) is 10.3. The SMILES string of the molecule is Cc1ccsc1-c1nnc(-c2nc(-c3ccc(S(=O)(=O)C4=CC=CN(C(=O)OC(C)(C)C)C4)cc3)cnc2N(C(=O)OC(C)(C)C)C(=O)OC(C)(C)C)o1. The third-order valence-corrected chi connectivity index (χ3v) is 9.96. The van der Waals surface area contributed by atoms with E-state index >= 15 is 0 Å². The number of aromatic nitrogens is 4. The molecular formula is C37H42N6O9S2. The molecule has 0 radical (unpaired) electrons. The van der Waals surface area contributed by atoms with Gasteiger partial charge in [-0.1, -0.05) is 12.1 Å². The van der Waals surface area contributed by atoms with Crippen LogP contribution < -0.4 is 4.90 Å². The lowest BCUT2D eigenvalue weighted by atomic mass is 10.1. The van der Waals surface area contributed by atoms with Crippen LogP contribution in [0, 0.1) is 6.92 Å². The third-order valence-electron chi connectivity index (χ3n) is 7.11. The fraction of sp³-hybridized carbons (Fsp3) is 0.378. The fourth-order valence-electron chi connectivity index (χ4n) is 4.80. The summed E-state index contributed by atoms with van der Waals surface area (Å²) in [4.78, 5) is 51.5. The molecule has 5 rings (SSSR count). The summed E-state index contributed by atoms with van der Waals surface area (Å²) in [6.45, 7) is 16.7. The largest absolute Gasteiger partial charge is 0.443 e. The molecule has 0 unspecified atom stereocenters.